The summed E-state index contributed by atoms with van der Waals surface area (Å²) in [6.07, 6.45) is 1.62. The molecule has 3 aromatic rings. The van der Waals surface area contributed by atoms with Gasteiger partial charge in [0.2, 0.25) is 0 Å². The van der Waals surface area contributed by atoms with Crippen LogP contribution in [0.3, 0.4) is 0 Å². The minimum absolute atomic E-state index is 0.306. The summed E-state index contributed by atoms with van der Waals surface area (Å²) in [7, 11) is 1.55. The lowest BCUT2D eigenvalue weighted by molar-refractivity contribution is 0.0952. The number of nitrogens with zero attached hydrogens (tertiary/aromatic N) is 1. The number of fused-ring (bicyclic) bond motifs is 1. The summed E-state index contributed by atoms with van der Waals surface area (Å²) in [6, 6.07) is 19.3. The Balaban J connectivity index is 1.83. The fraction of sp³-hybridized carbons (Fsp3) is 0.0526. The predicted octanol–water partition coefficient (Wildman–Crippen LogP) is 4.22. The second-order valence-electron chi connectivity index (χ2n) is 5.15. The van der Waals surface area contributed by atoms with Gasteiger partial charge in [0.15, 0.2) is 0 Å². The van der Waals surface area contributed by atoms with E-state index < -0.39 is 0 Å². The van der Waals surface area contributed by atoms with Crippen LogP contribution in [-0.2, 0) is 0 Å². The summed E-state index contributed by atoms with van der Waals surface area (Å²) in [6.45, 7) is 0. The number of hydrogen-bond donors (Lipinski definition) is 1. The summed E-state index contributed by atoms with van der Waals surface area (Å²) >= 11 is 2.23. The first kappa shape index (κ1) is 16.4. The monoisotopic (exact) mass is 430 g/mol. The molecule has 1 amide bonds. The molecular weight excluding hydrogens is 415 g/mol. The van der Waals surface area contributed by atoms with E-state index in [1.165, 1.54) is 0 Å². The topological polar surface area (TPSA) is 50.7 Å². The molecule has 0 aliphatic carbocycles. The summed E-state index contributed by atoms with van der Waals surface area (Å²) < 4.78 is 6.45. The third-order valence-corrected chi connectivity index (χ3v) is 4.21. The lowest BCUT2D eigenvalue weighted by atomic mass is 10.1. The maximum atomic E-state index is 12.4. The number of hydrazone groups is 1. The van der Waals surface area contributed by atoms with Gasteiger partial charge < -0.3 is 4.74 Å². The SMILES string of the molecule is COc1cc2ccccc2cc1C(=O)NN=Cc1cccc(I)c1. The van der Waals surface area contributed by atoms with Crippen LogP contribution in [0.2, 0.25) is 0 Å². The molecule has 3 aromatic carbocycles. The average Bonchev–Trinajstić information content (AvgIpc) is 2.60. The Kier molecular flexibility index (Phi) is 5.10. The third-order valence-electron chi connectivity index (χ3n) is 3.54. The van der Waals surface area contributed by atoms with Crippen molar-refractivity contribution < 1.29 is 9.53 Å². The molecule has 0 atom stereocenters. The Morgan fingerprint density at radius 3 is 2.54 bits per heavy atom. The molecule has 120 valence electrons. The van der Waals surface area contributed by atoms with Gasteiger partial charge in [0, 0.05) is 3.57 Å². The average molecular weight is 430 g/mol. The van der Waals surface area contributed by atoms with Gasteiger partial charge in [0.1, 0.15) is 5.75 Å². The Morgan fingerprint density at radius 2 is 1.83 bits per heavy atom. The minimum atomic E-state index is -0.306. The molecule has 0 saturated heterocycles. The maximum Gasteiger partial charge on any atom is 0.275 e. The van der Waals surface area contributed by atoms with E-state index in [2.05, 4.69) is 33.1 Å². The van der Waals surface area contributed by atoms with E-state index in [-0.39, 0.29) is 5.91 Å². The number of hydrogen-bond acceptors (Lipinski definition) is 3. The summed E-state index contributed by atoms with van der Waals surface area (Å²) in [4.78, 5) is 12.4. The minimum Gasteiger partial charge on any atom is -0.496 e. The van der Waals surface area contributed by atoms with Gasteiger partial charge in [0.05, 0.1) is 18.9 Å². The fourth-order valence-electron chi connectivity index (χ4n) is 2.38. The highest BCUT2D eigenvalue weighted by atomic mass is 127. The summed E-state index contributed by atoms with van der Waals surface area (Å²) in [5.74, 6) is 0.218. The van der Waals surface area contributed by atoms with Crippen LogP contribution in [0.5, 0.6) is 5.75 Å². The van der Waals surface area contributed by atoms with E-state index in [4.69, 9.17) is 4.74 Å². The standard InChI is InChI=1S/C19H15IN2O2/c1-24-18-11-15-7-3-2-6-14(15)10-17(18)19(23)22-21-12-13-5-4-8-16(20)9-13/h2-12H,1H3,(H,22,23). The molecule has 0 spiro atoms. The van der Waals surface area contributed by atoms with Crippen LogP contribution < -0.4 is 10.2 Å². The molecule has 5 heteroatoms. The number of ether oxygens (including phenoxy) is 1. The quantitative estimate of drug-likeness (QED) is 0.383. The smallest absolute Gasteiger partial charge is 0.275 e. The summed E-state index contributed by atoms with van der Waals surface area (Å²) in [5, 5.41) is 6.03. The lowest BCUT2D eigenvalue weighted by Crippen LogP contribution is -2.18. The Bertz CT molecular complexity index is 922. The van der Waals surface area contributed by atoms with E-state index in [0.29, 0.717) is 11.3 Å². The van der Waals surface area contributed by atoms with Gasteiger partial charge in [-0.3, -0.25) is 4.79 Å². The van der Waals surface area contributed by atoms with E-state index in [9.17, 15) is 4.79 Å². The molecule has 0 bridgehead atoms. The molecule has 0 heterocycles. The highest BCUT2D eigenvalue weighted by molar-refractivity contribution is 14.1. The Labute approximate surface area is 153 Å². The molecule has 0 radical (unpaired) electrons. The van der Waals surface area contributed by atoms with Crippen LogP contribution in [-0.4, -0.2) is 19.2 Å². The molecule has 0 fully saturated rings. The van der Waals surface area contributed by atoms with Crippen molar-refractivity contribution in [1.82, 2.24) is 5.43 Å². The van der Waals surface area contributed by atoms with E-state index in [1.54, 1.807) is 13.3 Å². The van der Waals surface area contributed by atoms with Crippen molar-refractivity contribution >= 4 is 45.5 Å². The fourth-order valence-corrected chi connectivity index (χ4v) is 2.95. The van der Waals surface area contributed by atoms with Crippen LogP contribution >= 0.6 is 22.6 Å². The number of rotatable bonds is 4. The molecule has 0 aliphatic heterocycles. The van der Waals surface area contributed by atoms with Gasteiger partial charge in [-0.25, -0.2) is 5.43 Å². The van der Waals surface area contributed by atoms with Gasteiger partial charge in [0.25, 0.3) is 5.91 Å². The predicted molar refractivity (Wildman–Crippen MR) is 105 cm³/mol. The number of carbonyl (C=O) groups is 1. The first-order valence-electron chi connectivity index (χ1n) is 7.33. The van der Waals surface area contributed by atoms with E-state index >= 15 is 0 Å². The zero-order valence-electron chi connectivity index (χ0n) is 13.0. The second-order valence-corrected chi connectivity index (χ2v) is 6.40. The normalized spacial score (nSPS) is 10.9. The van der Waals surface area contributed by atoms with Crippen LogP contribution in [0.4, 0.5) is 0 Å². The van der Waals surface area contributed by atoms with Crippen molar-refractivity contribution in [3.8, 4) is 5.75 Å². The molecule has 3 rings (SSSR count). The molecule has 24 heavy (non-hydrogen) atoms. The molecule has 0 saturated carbocycles. The van der Waals surface area contributed by atoms with E-state index in [0.717, 1.165) is 19.9 Å². The van der Waals surface area contributed by atoms with Crippen molar-refractivity contribution in [2.24, 2.45) is 5.10 Å². The number of carbonyl (C=O) groups excluding carboxylic acids is 1. The highest BCUT2D eigenvalue weighted by Gasteiger charge is 2.13. The first-order valence-corrected chi connectivity index (χ1v) is 8.41. The largest absolute Gasteiger partial charge is 0.496 e. The van der Waals surface area contributed by atoms with Crippen molar-refractivity contribution in [3.05, 3.63) is 75.4 Å². The third kappa shape index (κ3) is 3.73. The number of nitrogens with one attached hydrogen (secondary N) is 1. The van der Waals surface area contributed by atoms with Crippen LogP contribution in [0.25, 0.3) is 10.8 Å². The molecular formula is C19H15IN2O2. The van der Waals surface area contributed by atoms with Crippen molar-refractivity contribution in [2.45, 2.75) is 0 Å². The zero-order chi connectivity index (χ0) is 16.9. The van der Waals surface area contributed by atoms with Gasteiger partial charge in [-0.15, -0.1) is 0 Å². The molecule has 4 nitrogen and oxygen atoms in total. The molecule has 0 unspecified atom stereocenters. The van der Waals surface area contributed by atoms with E-state index in [1.807, 2.05) is 60.7 Å². The van der Waals surface area contributed by atoms with Gasteiger partial charge in [-0.05, 0) is 63.2 Å². The number of methoxy groups -OCH3 is 1. The van der Waals surface area contributed by atoms with Crippen LogP contribution in [0, 0.1) is 3.57 Å². The summed E-state index contributed by atoms with van der Waals surface area (Å²) in [5.41, 5.74) is 3.93. The van der Waals surface area contributed by atoms with Gasteiger partial charge >= 0.3 is 0 Å². The number of halogens is 1. The van der Waals surface area contributed by atoms with Crippen LogP contribution in [0.1, 0.15) is 15.9 Å². The van der Waals surface area contributed by atoms with Crippen LogP contribution in [0.15, 0.2) is 65.8 Å². The van der Waals surface area contributed by atoms with Gasteiger partial charge in [-0.2, -0.15) is 5.10 Å². The zero-order valence-corrected chi connectivity index (χ0v) is 15.2. The molecule has 0 aromatic heterocycles. The highest BCUT2D eigenvalue weighted by Crippen LogP contribution is 2.25. The molecule has 1 N–H and O–H groups in total. The maximum absolute atomic E-state index is 12.4. The van der Waals surface area contributed by atoms with Crippen molar-refractivity contribution in [1.29, 1.82) is 0 Å². The van der Waals surface area contributed by atoms with Crippen molar-refractivity contribution in [2.75, 3.05) is 7.11 Å². The number of amides is 1. The first-order chi connectivity index (χ1) is 11.7. The Morgan fingerprint density at radius 1 is 1.08 bits per heavy atom. The number of benzene rings is 3. The van der Waals surface area contributed by atoms with Gasteiger partial charge in [-0.1, -0.05) is 36.4 Å². The molecule has 0 aliphatic rings. The second kappa shape index (κ2) is 7.44. The van der Waals surface area contributed by atoms with Crippen molar-refractivity contribution in [3.63, 3.8) is 0 Å². The lowest BCUT2D eigenvalue weighted by Gasteiger charge is -2.09. The Hall–Kier alpha value is -2.41.